The van der Waals surface area contributed by atoms with Gasteiger partial charge < -0.3 is 20.1 Å². The molecule has 2 aromatic rings. The van der Waals surface area contributed by atoms with Gasteiger partial charge in [-0.15, -0.1) is 0 Å². The molecule has 160 valence electrons. The number of nitrogens with zero attached hydrogens (tertiary/aromatic N) is 5. The molecule has 0 bridgehead atoms. The summed E-state index contributed by atoms with van der Waals surface area (Å²) in [4.78, 5) is 17.6. The maximum atomic E-state index is 5.97. The quantitative estimate of drug-likeness (QED) is 0.826. The van der Waals surface area contributed by atoms with Crippen LogP contribution in [0.5, 0.6) is 11.5 Å². The number of benzene rings is 1. The van der Waals surface area contributed by atoms with E-state index in [1.54, 1.807) is 0 Å². The molecule has 8 nitrogen and oxygen atoms in total. The highest BCUT2D eigenvalue weighted by Gasteiger charge is 2.45. The molecule has 1 saturated carbocycles. The van der Waals surface area contributed by atoms with Gasteiger partial charge in [0.25, 0.3) is 0 Å². The third-order valence-electron chi connectivity index (χ3n) is 6.78. The molecule has 3 heterocycles. The zero-order valence-electron chi connectivity index (χ0n) is 18.0. The fourth-order valence-electron chi connectivity index (χ4n) is 5.27. The van der Waals surface area contributed by atoms with Gasteiger partial charge in [-0.2, -0.15) is 15.0 Å². The molecule has 2 N–H and O–H groups in total. The Balaban J connectivity index is 1.53. The van der Waals surface area contributed by atoms with Crippen molar-refractivity contribution in [1.82, 2.24) is 19.9 Å². The number of anilines is 2. The first-order chi connectivity index (χ1) is 14.4. The second-order valence-electron chi connectivity index (χ2n) is 8.96. The summed E-state index contributed by atoms with van der Waals surface area (Å²) in [5, 5.41) is 0. The van der Waals surface area contributed by atoms with E-state index in [2.05, 4.69) is 38.9 Å². The number of ether oxygens (including phenoxy) is 2. The van der Waals surface area contributed by atoms with Crippen LogP contribution >= 0.6 is 0 Å². The molecule has 3 aliphatic rings. The number of rotatable bonds is 3. The van der Waals surface area contributed by atoms with E-state index in [1.165, 1.54) is 36.8 Å². The van der Waals surface area contributed by atoms with Crippen LogP contribution in [0.1, 0.15) is 55.6 Å². The van der Waals surface area contributed by atoms with Crippen LogP contribution < -0.4 is 20.1 Å². The van der Waals surface area contributed by atoms with E-state index in [4.69, 9.17) is 15.2 Å². The molecule has 1 atom stereocenters. The summed E-state index contributed by atoms with van der Waals surface area (Å²) in [5.74, 6) is 3.34. The van der Waals surface area contributed by atoms with E-state index in [-0.39, 0.29) is 17.4 Å². The van der Waals surface area contributed by atoms with Crippen molar-refractivity contribution in [3.63, 3.8) is 0 Å². The molecule has 0 amide bonds. The van der Waals surface area contributed by atoms with Gasteiger partial charge in [-0.25, -0.2) is 0 Å². The molecule has 0 saturated heterocycles. The van der Waals surface area contributed by atoms with Crippen LogP contribution in [0.15, 0.2) is 12.1 Å². The van der Waals surface area contributed by atoms with Gasteiger partial charge in [-0.05, 0) is 43.0 Å². The lowest BCUT2D eigenvalue weighted by atomic mass is 9.71. The molecule has 8 heteroatoms. The van der Waals surface area contributed by atoms with Gasteiger partial charge in [0.2, 0.25) is 11.9 Å². The Kier molecular flexibility index (Phi) is 4.69. The van der Waals surface area contributed by atoms with Crippen molar-refractivity contribution in [1.29, 1.82) is 0 Å². The molecule has 1 spiro atoms. The minimum atomic E-state index is 0.153. The molecule has 2 aliphatic heterocycles. The van der Waals surface area contributed by atoms with Crippen molar-refractivity contribution in [2.75, 3.05) is 44.5 Å². The lowest BCUT2D eigenvalue weighted by Crippen LogP contribution is -2.46. The van der Waals surface area contributed by atoms with Crippen LogP contribution in [0.4, 0.5) is 11.9 Å². The van der Waals surface area contributed by atoms with E-state index < -0.39 is 0 Å². The largest absolute Gasteiger partial charge is 0.486 e. The number of hydrogen-bond donors (Lipinski definition) is 1. The van der Waals surface area contributed by atoms with Gasteiger partial charge in [0, 0.05) is 32.1 Å². The Morgan fingerprint density at radius 1 is 1.10 bits per heavy atom. The summed E-state index contributed by atoms with van der Waals surface area (Å²) < 4.78 is 11.8. The summed E-state index contributed by atoms with van der Waals surface area (Å²) in [5.41, 5.74) is 8.90. The zero-order chi connectivity index (χ0) is 20.9. The topological polar surface area (TPSA) is 89.6 Å². The molecule has 1 aromatic carbocycles. The lowest BCUT2D eigenvalue weighted by molar-refractivity contribution is 0.122. The normalized spacial score (nSPS) is 22.2. The second-order valence-corrected chi connectivity index (χ2v) is 8.96. The first-order valence-corrected chi connectivity index (χ1v) is 10.8. The molecule has 1 aliphatic carbocycles. The minimum Gasteiger partial charge on any atom is -0.486 e. The monoisotopic (exact) mass is 410 g/mol. The van der Waals surface area contributed by atoms with Gasteiger partial charge in [0.1, 0.15) is 19.0 Å². The highest BCUT2D eigenvalue weighted by molar-refractivity contribution is 5.53. The third-order valence-corrected chi connectivity index (χ3v) is 6.78. The minimum absolute atomic E-state index is 0.153. The Labute approximate surface area is 177 Å². The number of nitrogen functional groups attached to an aromatic ring is 1. The highest BCUT2D eigenvalue weighted by Crippen LogP contribution is 2.52. The number of aromatic nitrogens is 3. The molecule has 1 unspecified atom stereocenters. The van der Waals surface area contributed by atoms with E-state index in [0.717, 1.165) is 18.0 Å². The third kappa shape index (κ3) is 3.23. The van der Waals surface area contributed by atoms with Crippen molar-refractivity contribution < 1.29 is 9.47 Å². The van der Waals surface area contributed by atoms with E-state index in [0.29, 0.717) is 31.5 Å². The predicted octanol–water partition coefficient (Wildman–Crippen LogP) is 2.68. The SMILES string of the molecule is CC1c2cc3c(cc2C2(CCCC2)CN1Cc1nc(N)nc(N(C)C)n1)OCCO3. The Bertz CT molecular complexity index is 957. The van der Waals surface area contributed by atoms with Crippen molar-refractivity contribution in [2.24, 2.45) is 0 Å². The van der Waals surface area contributed by atoms with E-state index >= 15 is 0 Å². The first kappa shape index (κ1) is 19.4. The summed E-state index contributed by atoms with van der Waals surface area (Å²) in [6.07, 6.45) is 4.93. The zero-order valence-corrected chi connectivity index (χ0v) is 18.0. The second kappa shape index (κ2) is 7.27. The van der Waals surface area contributed by atoms with Gasteiger partial charge in [0.15, 0.2) is 11.5 Å². The van der Waals surface area contributed by atoms with Crippen molar-refractivity contribution in [2.45, 2.75) is 50.6 Å². The van der Waals surface area contributed by atoms with Gasteiger partial charge in [0.05, 0.1) is 6.54 Å². The van der Waals surface area contributed by atoms with E-state index in [9.17, 15) is 0 Å². The summed E-state index contributed by atoms with van der Waals surface area (Å²) in [6.45, 7) is 5.12. The van der Waals surface area contributed by atoms with E-state index in [1.807, 2.05) is 19.0 Å². The van der Waals surface area contributed by atoms with Gasteiger partial charge in [-0.1, -0.05) is 12.8 Å². The molecule has 1 fully saturated rings. The first-order valence-electron chi connectivity index (χ1n) is 10.8. The van der Waals surface area contributed by atoms with Crippen LogP contribution in [0.2, 0.25) is 0 Å². The molecular weight excluding hydrogens is 380 g/mol. The van der Waals surface area contributed by atoms with Crippen molar-refractivity contribution in [3.8, 4) is 11.5 Å². The highest BCUT2D eigenvalue weighted by atomic mass is 16.6. The van der Waals surface area contributed by atoms with Crippen molar-refractivity contribution in [3.05, 3.63) is 29.1 Å². The Hall–Kier alpha value is -2.61. The van der Waals surface area contributed by atoms with Crippen LogP contribution in [0, 0.1) is 0 Å². The van der Waals surface area contributed by atoms with Crippen LogP contribution in [0.25, 0.3) is 0 Å². The average Bonchev–Trinajstić information content (AvgIpc) is 3.19. The van der Waals surface area contributed by atoms with Crippen molar-refractivity contribution >= 4 is 11.9 Å². The molecule has 5 rings (SSSR count). The molecule has 30 heavy (non-hydrogen) atoms. The lowest BCUT2D eigenvalue weighted by Gasteiger charge is -2.46. The summed E-state index contributed by atoms with van der Waals surface area (Å²) in [7, 11) is 3.83. The van der Waals surface area contributed by atoms with Crippen LogP contribution in [0.3, 0.4) is 0 Å². The van der Waals surface area contributed by atoms with Gasteiger partial charge >= 0.3 is 0 Å². The maximum absolute atomic E-state index is 5.97. The predicted molar refractivity (Wildman–Crippen MR) is 115 cm³/mol. The fourth-order valence-corrected chi connectivity index (χ4v) is 5.27. The van der Waals surface area contributed by atoms with Crippen LogP contribution in [-0.2, 0) is 12.0 Å². The number of fused-ring (bicyclic) bond motifs is 3. The molecule has 1 aromatic heterocycles. The standard InChI is InChI=1S/C22H30N6O2/c1-14-15-10-17-18(30-9-8-29-17)11-16(15)22(6-4-5-7-22)13-28(14)12-19-24-20(23)26-21(25-19)27(2)3/h10-11,14H,4-9,12-13H2,1-3H3,(H2,23,24,25,26). The fraction of sp³-hybridized carbons (Fsp3) is 0.591. The maximum Gasteiger partial charge on any atom is 0.229 e. The molecule has 0 radical (unpaired) electrons. The summed E-state index contributed by atoms with van der Waals surface area (Å²) >= 11 is 0. The Morgan fingerprint density at radius 3 is 2.50 bits per heavy atom. The number of nitrogens with two attached hydrogens (primary N) is 1. The smallest absolute Gasteiger partial charge is 0.229 e. The number of hydrogen-bond acceptors (Lipinski definition) is 8. The molecular formula is C22H30N6O2. The van der Waals surface area contributed by atoms with Gasteiger partial charge in [-0.3, -0.25) is 4.90 Å². The summed E-state index contributed by atoms with van der Waals surface area (Å²) in [6, 6.07) is 4.68. The van der Waals surface area contributed by atoms with Crippen LogP contribution in [-0.4, -0.2) is 53.7 Å². The Morgan fingerprint density at radius 2 is 1.80 bits per heavy atom. The average molecular weight is 411 g/mol.